The monoisotopic (exact) mass is 210 g/mol. The van der Waals surface area contributed by atoms with Crippen LogP contribution in [0.25, 0.3) is 0 Å². The first-order valence-electron chi connectivity index (χ1n) is 6.56. The average Bonchev–Trinajstić information content (AvgIpc) is 2.00. The van der Waals surface area contributed by atoms with Crippen LogP contribution in [0.5, 0.6) is 0 Å². The van der Waals surface area contributed by atoms with Gasteiger partial charge in [-0.3, -0.25) is 0 Å². The smallest absolute Gasteiger partial charge is 0.0327 e. The van der Waals surface area contributed by atoms with E-state index in [1.807, 2.05) is 0 Å². The van der Waals surface area contributed by atoms with Crippen molar-refractivity contribution in [1.29, 1.82) is 0 Å². The zero-order valence-corrected chi connectivity index (χ0v) is 11.4. The van der Waals surface area contributed by atoms with Gasteiger partial charge in [0.1, 0.15) is 0 Å². The van der Waals surface area contributed by atoms with Crippen molar-refractivity contribution in [3.8, 4) is 0 Å². The standard InChI is InChI=1S/C15H30/c1-7-8-13(4)10-15(6)11-14(5)9-12(2)3/h7,12-15H,1,8-11H2,2-6H3. The molecule has 0 heteroatoms. The summed E-state index contributed by atoms with van der Waals surface area (Å²) in [5.74, 6) is 3.41. The molecule has 3 atom stereocenters. The van der Waals surface area contributed by atoms with Gasteiger partial charge in [-0.2, -0.15) is 0 Å². The molecule has 0 rings (SSSR count). The van der Waals surface area contributed by atoms with Crippen molar-refractivity contribution in [3.63, 3.8) is 0 Å². The molecule has 0 fully saturated rings. The van der Waals surface area contributed by atoms with E-state index in [-0.39, 0.29) is 0 Å². The van der Waals surface area contributed by atoms with Gasteiger partial charge in [-0.1, -0.05) is 40.7 Å². The maximum Gasteiger partial charge on any atom is -0.0327 e. The summed E-state index contributed by atoms with van der Waals surface area (Å²) in [4.78, 5) is 0. The molecule has 15 heavy (non-hydrogen) atoms. The van der Waals surface area contributed by atoms with Crippen LogP contribution in [0.15, 0.2) is 12.7 Å². The minimum Gasteiger partial charge on any atom is -0.103 e. The fraction of sp³-hybridized carbons (Fsp3) is 0.867. The third kappa shape index (κ3) is 8.72. The second-order valence-electron chi connectivity index (χ2n) is 5.94. The van der Waals surface area contributed by atoms with Crippen molar-refractivity contribution in [3.05, 3.63) is 12.7 Å². The molecule has 0 saturated carbocycles. The van der Waals surface area contributed by atoms with E-state index in [1.165, 1.54) is 25.7 Å². The average molecular weight is 210 g/mol. The molecule has 0 aliphatic heterocycles. The van der Waals surface area contributed by atoms with E-state index in [0.29, 0.717) is 0 Å². The van der Waals surface area contributed by atoms with Crippen LogP contribution in [0.4, 0.5) is 0 Å². The normalized spacial score (nSPS) is 17.5. The Balaban J connectivity index is 3.71. The topological polar surface area (TPSA) is 0 Å². The molecular formula is C15H30. The molecule has 0 saturated heterocycles. The first-order chi connectivity index (χ1) is 6.95. The molecular weight excluding hydrogens is 180 g/mol. The fourth-order valence-corrected chi connectivity index (χ4v) is 2.75. The molecule has 0 bridgehead atoms. The summed E-state index contributed by atoms with van der Waals surface area (Å²) in [6.07, 6.45) is 7.34. The zero-order chi connectivity index (χ0) is 11.8. The molecule has 0 N–H and O–H groups in total. The second kappa shape index (κ2) is 7.96. The van der Waals surface area contributed by atoms with Crippen LogP contribution in [-0.4, -0.2) is 0 Å². The molecule has 0 aliphatic rings. The first-order valence-corrected chi connectivity index (χ1v) is 6.56. The molecule has 0 radical (unpaired) electrons. The van der Waals surface area contributed by atoms with Crippen molar-refractivity contribution < 1.29 is 0 Å². The highest BCUT2D eigenvalue weighted by Crippen LogP contribution is 2.24. The Morgan fingerprint density at radius 1 is 0.800 bits per heavy atom. The molecule has 0 aromatic rings. The largest absolute Gasteiger partial charge is 0.103 e. The van der Waals surface area contributed by atoms with Crippen LogP contribution < -0.4 is 0 Å². The maximum absolute atomic E-state index is 3.81. The summed E-state index contributed by atoms with van der Waals surface area (Å²) >= 11 is 0. The Labute approximate surface area is 97.2 Å². The molecule has 0 aliphatic carbocycles. The number of allylic oxidation sites excluding steroid dienone is 1. The third-order valence-electron chi connectivity index (χ3n) is 3.05. The Kier molecular flexibility index (Phi) is 7.82. The predicted molar refractivity (Wildman–Crippen MR) is 71.0 cm³/mol. The third-order valence-corrected chi connectivity index (χ3v) is 3.05. The van der Waals surface area contributed by atoms with Crippen LogP contribution in [0.1, 0.15) is 60.3 Å². The number of hydrogen-bond acceptors (Lipinski definition) is 0. The molecule has 0 amide bonds. The van der Waals surface area contributed by atoms with E-state index in [2.05, 4.69) is 47.3 Å². The zero-order valence-electron chi connectivity index (χ0n) is 11.4. The van der Waals surface area contributed by atoms with Crippen LogP contribution in [0.2, 0.25) is 0 Å². The number of rotatable bonds is 8. The van der Waals surface area contributed by atoms with Crippen molar-refractivity contribution in [2.75, 3.05) is 0 Å². The second-order valence-corrected chi connectivity index (χ2v) is 5.94. The van der Waals surface area contributed by atoms with Gasteiger partial charge < -0.3 is 0 Å². The van der Waals surface area contributed by atoms with Crippen molar-refractivity contribution in [2.24, 2.45) is 23.7 Å². The van der Waals surface area contributed by atoms with E-state index in [1.54, 1.807) is 0 Å². The van der Waals surface area contributed by atoms with Crippen LogP contribution >= 0.6 is 0 Å². The summed E-state index contributed by atoms with van der Waals surface area (Å²) in [6, 6.07) is 0. The van der Waals surface area contributed by atoms with Crippen molar-refractivity contribution in [1.82, 2.24) is 0 Å². The van der Waals surface area contributed by atoms with Crippen molar-refractivity contribution in [2.45, 2.75) is 60.3 Å². The fourth-order valence-electron chi connectivity index (χ4n) is 2.75. The Hall–Kier alpha value is -0.260. The van der Waals surface area contributed by atoms with Gasteiger partial charge >= 0.3 is 0 Å². The van der Waals surface area contributed by atoms with E-state index >= 15 is 0 Å². The molecule has 0 nitrogen and oxygen atoms in total. The van der Waals surface area contributed by atoms with Crippen LogP contribution in [0.3, 0.4) is 0 Å². The van der Waals surface area contributed by atoms with Gasteiger partial charge in [0.25, 0.3) is 0 Å². The molecule has 3 unspecified atom stereocenters. The molecule has 0 heterocycles. The van der Waals surface area contributed by atoms with E-state index in [9.17, 15) is 0 Å². The van der Waals surface area contributed by atoms with E-state index in [0.717, 1.165) is 23.7 Å². The summed E-state index contributed by atoms with van der Waals surface area (Å²) < 4.78 is 0. The van der Waals surface area contributed by atoms with Gasteiger partial charge in [0.15, 0.2) is 0 Å². The SMILES string of the molecule is C=CCC(C)CC(C)CC(C)CC(C)C. The highest BCUT2D eigenvalue weighted by atomic mass is 14.2. The Morgan fingerprint density at radius 3 is 1.73 bits per heavy atom. The van der Waals surface area contributed by atoms with Crippen LogP contribution in [-0.2, 0) is 0 Å². The highest BCUT2D eigenvalue weighted by Gasteiger charge is 2.12. The molecule has 90 valence electrons. The van der Waals surface area contributed by atoms with E-state index in [4.69, 9.17) is 0 Å². The number of hydrogen-bond donors (Lipinski definition) is 0. The van der Waals surface area contributed by atoms with Gasteiger partial charge in [0.2, 0.25) is 0 Å². The van der Waals surface area contributed by atoms with Crippen molar-refractivity contribution >= 4 is 0 Å². The minimum absolute atomic E-state index is 0.809. The molecule has 0 aromatic heterocycles. The Bertz CT molecular complexity index is 157. The maximum atomic E-state index is 3.81. The summed E-state index contributed by atoms with van der Waals surface area (Å²) in [5.41, 5.74) is 0. The van der Waals surface area contributed by atoms with Gasteiger partial charge in [-0.15, -0.1) is 6.58 Å². The molecule has 0 spiro atoms. The lowest BCUT2D eigenvalue weighted by Crippen LogP contribution is -2.09. The summed E-state index contributed by atoms with van der Waals surface area (Å²) in [5, 5.41) is 0. The lowest BCUT2D eigenvalue weighted by Gasteiger charge is -2.21. The van der Waals surface area contributed by atoms with Gasteiger partial charge in [0.05, 0.1) is 0 Å². The van der Waals surface area contributed by atoms with Gasteiger partial charge in [-0.05, 0) is 49.4 Å². The first kappa shape index (κ1) is 14.7. The van der Waals surface area contributed by atoms with Crippen LogP contribution in [0, 0.1) is 23.7 Å². The van der Waals surface area contributed by atoms with Gasteiger partial charge in [0, 0.05) is 0 Å². The highest BCUT2D eigenvalue weighted by molar-refractivity contribution is 4.72. The lowest BCUT2D eigenvalue weighted by molar-refractivity contribution is 0.314. The lowest BCUT2D eigenvalue weighted by atomic mass is 9.85. The van der Waals surface area contributed by atoms with E-state index < -0.39 is 0 Å². The summed E-state index contributed by atoms with van der Waals surface area (Å²) in [7, 11) is 0. The Morgan fingerprint density at radius 2 is 1.27 bits per heavy atom. The summed E-state index contributed by atoms with van der Waals surface area (Å²) in [6.45, 7) is 15.6. The molecule has 0 aromatic carbocycles. The van der Waals surface area contributed by atoms with Gasteiger partial charge in [-0.25, -0.2) is 0 Å². The quantitative estimate of drug-likeness (QED) is 0.477. The minimum atomic E-state index is 0.809. The predicted octanol–water partition coefficient (Wildman–Crippen LogP) is 5.30.